The van der Waals surface area contributed by atoms with Crippen molar-refractivity contribution in [2.75, 3.05) is 52.9 Å². The van der Waals surface area contributed by atoms with E-state index in [-0.39, 0.29) is 17.9 Å². The number of carbonyl (C=O) groups excluding carboxylic acids is 2. The Morgan fingerprint density at radius 1 is 1.03 bits per heavy atom. The molecule has 0 N–H and O–H groups in total. The molecule has 31 heavy (non-hydrogen) atoms. The van der Waals surface area contributed by atoms with Crippen molar-refractivity contribution >= 4 is 11.8 Å². The van der Waals surface area contributed by atoms with Crippen molar-refractivity contribution in [3.63, 3.8) is 0 Å². The molecule has 1 unspecified atom stereocenters. The van der Waals surface area contributed by atoms with Gasteiger partial charge in [0.15, 0.2) is 0 Å². The number of likely N-dealkylation sites (tertiary alicyclic amines) is 1. The highest BCUT2D eigenvalue weighted by molar-refractivity contribution is 5.82. The van der Waals surface area contributed by atoms with E-state index in [0.717, 1.165) is 77.8 Å². The first-order valence-electron chi connectivity index (χ1n) is 12.3. The molecule has 0 bridgehead atoms. The third-order valence-corrected chi connectivity index (χ3v) is 7.91. The first kappa shape index (κ1) is 24.0. The quantitative estimate of drug-likeness (QED) is 0.668. The van der Waals surface area contributed by atoms with Gasteiger partial charge in [-0.3, -0.25) is 19.4 Å². The predicted molar refractivity (Wildman–Crippen MR) is 121 cm³/mol. The fraction of sp³-hybridized carbons (Fsp3) is 0.875. The van der Waals surface area contributed by atoms with Gasteiger partial charge in [0.25, 0.3) is 0 Å². The maximum atomic E-state index is 13.2. The summed E-state index contributed by atoms with van der Waals surface area (Å²) in [4.78, 5) is 34.1. The van der Waals surface area contributed by atoms with Gasteiger partial charge >= 0.3 is 0 Å². The van der Waals surface area contributed by atoms with E-state index in [1.807, 2.05) is 18.9 Å². The summed E-state index contributed by atoms with van der Waals surface area (Å²) in [6, 6.07) is 2.24. The Morgan fingerprint density at radius 3 is 2.16 bits per heavy atom. The molecule has 1 aliphatic carbocycles. The van der Waals surface area contributed by atoms with Crippen LogP contribution in [0.3, 0.4) is 0 Å². The molecule has 0 aromatic heterocycles. The minimum atomic E-state index is -0.654. The Balaban J connectivity index is 1.49. The van der Waals surface area contributed by atoms with Crippen LogP contribution in [0, 0.1) is 17.2 Å². The summed E-state index contributed by atoms with van der Waals surface area (Å²) in [5, 5.41) is 9.88. The number of piperazine rings is 1. The second-order valence-corrected chi connectivity index (χ2v) is 10.0. The SMILES string of the molecule is CC1CCC(C#N)(N(C)C(=O)C(C)N2CCN(CC(=O)N3CCCCCC3)CC2)CC1. The van der Waals surface area contributed by atoms with Gasteiger partial charge in [-0.1, -0.05) is 19.8 Å². The summed E-state index contributed by atoms with van der Waals surface area (Å²) in [5.74, 6) is 0.930. The Bertz CT molecular complexity index is 651. The number of nitriles is 1. The fourth-order valence-electron chi connectivity index (χ4n) is 5.33. The van der Waals surface area contributed by atoms with Gasteiger partial charge in [-0.15, -0.1) is 0 Å². The fourth-order valence-corrected chi connectivity index (χ4v) is 5.33. The van der Waals surface area contributed by atoms with Crippen LogP contribution in [0.5, 0.6) is 0 Å². The van der Waals surface area contributed by atoms with Gasteiger partial charge in [0.05, 0.1) is 18.7 Å². The first-order valence-corrected chi connectivity index (χ1v) is 12.3. The lowest BCUT2D eigenvalue weighted by Gasteiger charge is -2.44. The zero-order chi connectivity index (χ0) is 22.4. The van der Waals surface area contributed by atoms with Crippen LogP contribution < -0.4 is 0 Å². The molecule has 0 aromatic rings. The molecule has 7 nitrogen and oxygen atoms in total. The normalized spacial score (nSPS) is 29.6. The maximum Gasteiger partial charge on any atom is 0.240 e. The third-order valence-electron chi connectivity index (χ3n) is 7.91. The standard InChI is InChI=1S/C24H41N5O2/c1-20-8-10-24(19-25,11-9-20)26(3)23(31)21(2)28-16-14-27(15-17-28)18-22(30)29-12-6-4-5-7-13-29/h20-21H,4-18H2,1-3H3. The molecule has 3 fully saturated rings. The van der Waals surface area contributed by atoms with E-state index >= 15 is 0 Å². The van der Waals surface area contributed by atoms with Gasteiger partial charge in [0, 0.05) is 46.3 Å². The van der Waals surface area contributed by atoms with Gasteiger partial charge in [-0.2, -0.15) is 5.26 Å². The van der Waals surface area contributed by atoms with Crippen LogP contribution in [0.4, 0.5) is 0 Å². The molecule has 0 aromatic carbocycles. The molecule has 2 aliphatic heterocycles. The van der Waals surface area contributed by atoms with E-state index in [2.05, 4.69) is 22.8 Å². The molecule has 3 aliphatic rings. The predicted octanol–water partition coefficient (Wildman–Crippen LogP) is 2.33. The van der Waals surface area contributed by atoms with E-state index in [1.165, 1.54) is 12.8 Å². The van der Waals surface area contributed by atoms with Crippen LogP contribution >= 0.6 is 0 Å². The average molecular weight is 432 g/mol. The van der Waals surface area contributed by atoms with Crippen LogP contribution in [0.1, 0.15) is 65.2 Å². The van der Waals surface area contributed by atoms with Crippen LogP contribution in [0.2, 0.25) is 0 Å². The number of likely N-dealkylation sites (N-methyl/N-ethyl adjacent to an activating group) is 1. The summed E-state index contributed by atoms with van der Waals surface area (Å²) >= 11 is 0. The van der Waals surface area contributed by atoms with Crippen LogP contribution in [-0.2, 0) is 9.59 Å². The molecular formula is C24H41N5O2. The molecule has 2 amide bonds. The molecule has 174 valence electrons. The molecule has 1 atom stereocenters. The lowest BCUT2D eigenvalue weighted by atomic mass is 9.77. The molecule has 0 radical (unpaired) electrons. The highest BCUT2D eigenvalue weighted by Gasteiger charge is 2.42. The third kappa shape index (κ3) is 5.78. The van der Waals surface area contributed by atoms with E-state index in [9.17, 15) is 14.9 Å². The summed E-state index contributed by atoms with van der Waals surface area (Å²) in [6.45, 7) is 9.66. The number of hydrogen-bond acceptors (Lipinski definition) is 5. The molecule has 7 heteroatoms. The summed E-state index contributed by atoms with van der Waals surface area (Å²) < 4.78 is 0. The van der Waals surface area contributed by atoms with Gasteiger partial charge < -0.3 is 9.80 Å². The van der Waals surface area contributed by atoms with E-state index in [0.29, 0.717) is 12.5 Å². The Hall–Kier alpha value is -1.65. The van der Waals surface area contributed by atoms with E-state index < -0.39 is 5.54 Å². The summed E-state index contributed by atoms with van der Waals surface area (Å²) in [6.07, 6.45) is 8.25. The largest absolute Gasteiger partial charge is 0.342 e. The molecule has 0 spiro atoms. The number of hydrogen-bond donors (Lipinski definition) is 0. The minimum Gasteiger partial charge on any atom is -0.342 e. The van der Waals surface area contributed by atoms with E-state index in [1.54, 1.807) is 4.90 Å². The lowest BCUT2D eigenvalue weighted by molar-refractivity contribution is -0.142. The number of amides is 2. The Morgan fingerprint density at radius 2 is 1.61 bits per heavy atom. The van der Waals surface area contributed by atoms with E-state index in [4.69, 9.17) is 0 Å². The maximum absolute atomic E-state index is 13.2. The second-order valence-electron chi connectivity index (χ2n) is 10.0. The number of rotatable bonds is 5. The Labute approximate surface area is 188 Å². The van der Waals surface area contributed by atoms with Crippen LogP contribution in [-0.4, -0.2) is 95.9 Å². The van der Waals surface area contributed by atoms with Crippen LogP contribution in [0.15, 0.2) is 0 Å². The van der Waals surface area contributed by atoms with Crippen molar-refractivity contribution < 1.29 is 9.59 Å². The lowest BCUT2D eigenvalue weighted by Crippen LogP contribution is -2.59. The van der Waals surface area contributed by atoms with Gasteiger partial charge in [-0.05, 0) is 51.4 Å². The van der Waals surface area contributed by atoms with Gasteiger partial charge in [0.1, 0.15) is 5.54 Å². The average Bonchev–Trinajstić information content (AvgIpc) is 3.09. The van der Waals surface area contributed by atoms with Crippen molar-refractivity contribution in [3.8, 4) is 6.07 Å². The highest BCUT2D eigenvalue weighted by Crippen LogP contribution is 2.36. The van der Waals surface area contributed by atoms with Crippen molar-refractivity contribution in [2.45, 2.75) is 76.8 Å². The van der Waals surface area contributed by atoms with Crippen LogP contribution in [0.25, 0.3) is 0 Å². The zero-order valence-corrected chi connectivity index (χ0v) is 19.8. The number of nitrogens with zero attached hydrogens (tertiary/aromatic N) is 5. The Kier molecular flexibility index (Phi) is 8.35. The minimum absolute atomic E-state index is 0.0465. The topological polar surface area (TPSA) is 70.9 Å². The van der Waals surface area contributed by atoms with Gasteiger partial charge in [-0.25, -0.2) is 0 Å². The summed E-state index contributed by atoms with van der Waals surface area (Å²) in [5.41, 5.74) is -0.654. The monoisotopic (exact) mass is 431 g/mol. The van der Waals surface area contributed by atoms with Crippen molar-refractivity contribution in [1.82, 2.24) is 19.6 Å². The smallest absolute Gasteiger partial charge is 0.240 e. The van der Waals surface area contributed by atoms with Crippen molar-refractivity contribution in [2.24, 2.45) is 5.92 Å². The molecule has 2 saturated heterocycles. The highest BCUT2D eigenvalue weighted by atomic mass is 16.2. The van der Waals surface area contributed by atoms with Crippen molar-refractivity contribution in [1.29, 1.82) is 5.26 Å². The zero-order valence-electron chi connectivity index (χ0n) is 19.8. The molecule has 2 heterocycles. The number of carbonyl (C=O) groups is 2. The van der Waals surface area contributed by atoms with Crippen molar-refractivity contribution in [3.05, 3.63) is 0 Å². The first-order chi connectivity index (χ1) is 14.9. The van der Waals surface area contributed by atoms with Gasteiger partial charge in [0.2, 0.25) is 11.8 Å². The molecule has 3 rings (SSSR count). The molecular weight excluding hydrogens is 390 g/mol. The second kappa shape index (κ2) is 10.8. The summed E-state index contributed by atoms with van der Waals surface area (Å²) in [7, 11) is 1.81. The molecule has 1 saturated carbocycles.